The van der Waals surface area contributed by atoms with Crippen LogP contribution >= 0.6 is 11.3 Å². The van der Waals surface area contributed by atoms with Crippen molar-refractivity contribution in [1.82, 2.24) is 4.98 Å². The summed E-state index contributed by atoms with van der Waals surface area (Å²) in [5.41, 5.74) is 0.846. The molecule has 3 rings (SSSR count). The zero-order valence-corrected chi connectivity index (χ0v) is 13.6. The number of halogens is 3. The van der Waals surface area contributed by atoms with E-state index in [1.165, 1.54) is 35.6 Å². The molecule has 0 saturated carbocycles. The molecular formula is C19H11F3N2S. The minimum atomic E-state index is -4.48. The van der Waals surface area contributed by atoms with Crippen molar-refractivity contribution >= 4 is 23.0 Å². The van der Waals surface area contributed by atoms with Gasteiger partial charge >= 0.3 is 6.18 Å². The highest BCUT2D eigenvalue weighted by Gasteiger charge is 2.32. The molecule has 124 valence electrons. The zero-order valence-electron chi connectivity index (χ0n) is 12.8. The second-order valence-electron chi connectivity index (χ2n) is 5.16. The lowest BCUT2D eigenvalue weighted by molar-refractivity contribution is -0.137. The molecule has 1 aromatic heterocycles. The first kappa shape index (κ1) is 16.9. The van der Waals surface area contributed by atoms with Crippen LogP contribution in [0, 0.1) is 11.3 Å². The van der Waals surface area contributed by atoms with Crippen LogP contribution in [0.1, 0.15) is 16.1 Å². The molecule has 0 saturated heterocycles. The number of allylic oxidation sites excluding steroid dienone is 1. The van der Waals surface area contributed by atoms with Crippen LogP contribution < -0.4 is 0 Å². The summed E-state index contributed by atoms with van der Waals surface area (Å²) >= 11 is 1.23. The Bertz CT molecular complexity index is 951. The quantitative estimate of drug-likeness (QED) is 0.548. The van der Waals surface area contributed by atoms with Gasteiger partial charge in [-0.05, 0) is 17.7 Å². The van der Waals surface area contributed by atoms with E-state index in [4.69, 9.17) is 0 Å². The fourth-order valence-corrected chi connectivity index (χ4v) is 3.11. The smallest absolute Gasteiger partial charge is 0.235 e. The molecule has 1 heterocycles. The number of alkyl halides is 3. The van der Waals surface area contributed by atoms with E-state index in [-0.39, 0.29) is 11.1 Å². The molecule has 3 aromatic rings. The van der Waals surface area contributed by atoms with Crippen molar-refractivity contribution in [1.29, 1.82) is 5.26 Å². The maximum atomic E-state index is 13.1. The normalized spacial score (nSPS) is 12.0. The SMILES string of the molecule is N#C/C(=C/c1ccccc1C(F)(F)F)c1nc(-c2ccccc2)cs1. The van der Waals surface area contributed by atoms with E-state index in [9.17, 15) is 18.4 Å². The Morgan fingerprint density at radius 1 is 1.04 bits per heavy atom. The molecule has 0 aliphatic carbocycles. The van der Waals surface area contributed by atoms with Crippen LogP contribution in [0.5, 0.6) is 0 Å². The molecule has 0 bridgehead atoms. The molecule has 0 fully saturated rings. The molecule has 0 unspecified atom stereocenters. The van der Waals surface area contributed by atoms with E-state index in [0.29, 0.717) is 10.7 Å². The van der Waals surface area contributed by atoms with Crippen molar-refractivity contribution in [3.05, 3.63) is 76.1 Å². The van der Waals surface area contributed by atoms with Gasteiger partial charge in [0.2, 0.25) is 0 Å². The number of hydrogen-bond acceptors (Lipinski definition) is 3. The van der Waals surface area contributed by atoms with E-state index in [1.807, 2.05) is 36.4 Å². The highest BCUT2D eigenvalue weighted by atomic mass is 32.1. The lowest BCUT2D eigenvalue weighted by Crippen LogP contribution is -2.07. The van der Waals surface area contributed by atoms with Gasteiger partial charge < -0.3 is 0 Å². The zero-order chi connectivity index (χ0) is 17.9. The van der Waals surface area contributed by atoms with Gasteiger partial charge in [0.1, 0.15) is 11.1 Å². The summed E-state index contributed by atoms with van der Waals surface area (Å²) < 4.78 is 39.3. The Kier molecular flexibility index (Phi) is 4.68. The third-order valence-electron chi connectivity index (χ3n) is 3.49. The van der Waals surface area contributed by atoms with E-state index in [0.717, 1.165) is 11.6 Å². The Morgan fingerprint density at radius 3 is 2.40 bits per heavy atom. The van der Waals surface area contributed by atoms with Gasteiger partial charge in [-0.2, -0.15) is 18.4 Å². The topological polar surface area (TPSA) is 36.7 Å². The Morgan fingerprint density at radius 2 is 1.72 bits per heavy atom. The Hall–Kier alpha value is -2.91. The van der Waals surface area contributed by atoms with Gasteiger partial charge in [-0.25, -0.2) is 4.98 Å². The van der Waals surface area contributed by atoms with Crippen molar-refractivity contribution in [2.45, 2.75) is 6.18 Å². The molecule has 6 heteroatoms. The number of benzene rings is 2. The number of nitriles is 1. The van der Waals surface area contributed by atoms with Gasteiger partial charge in [-0.3, -0.25) is 0 Å². The van der Waals surface area contributed by atoms with Crippen LogP contribution in [-0.2, 0) is 6.18 Å². The third-order valence-corrected chi connectivity index (χ3v) is 4.37. The van der Waals surface area contributed by atoms with Crippen molar-refractivity contribution in [2.24, 2.45) is 0 Å². The lowest BCUT2D eigenvalue weighted by atomic mass is 10.0. The minimum absolute atomic E-state index is 0.0528. The summed E-state index contributed by atoms with van der Waals surface area (Å²) in [5.74, 6) is 0. The summed E-state index contributed by atoms with van der Waals surface area (Å²) in [5, 5.41) is 11.6. The van der Waals surface area contributed by atoms with Gasteiger partial charge in [0, 0.05) is 10.9 Å². The van der Waals surface area contributed by atoms with Crippen LogP contribution in [0.25, 0.3) is 22.9 Å². The molecule has 0 aliphatic heterocycles. The molecule has 0 amide bonds. The molecule has 0 atom stereocenters. The molecule has 0 N–H and O–H groups in total. The molecular weight excluding hydrogens is 345 g/mol. The van der Waals surface area contributed by atoms with Crippen LogP contribution in [0.4, 0.5) is 13.2 Å². The summed E-state index contributed by atoms with van der Waals surface area (Å²) in [7, 11) is 0. The van der Waals surface area contributed by atoms with Crippen LogP contribution in [0.2, 0.25) is 0 Å². The first-order valence-corrected chi connectivity index (χ1v) is 8.16. The minimum Gasteiger partial charge on any atom is -0.235 e. The van der Waals surface area contributed by atoms with Gasteiger partial charge in [-0.1, -0.05) is 48.5 Å². The van der Waals surface area contributed by atoms with Crippen molar-refractivity contribution in [3.63, 3.8) is 0 Å². The van der Waals surface area contributed by atoms with Crippen LogP contribution in [-0.4, -0.2) is 4.98 Å². The predicted molar refractivity (Wildman–Crippen MR) is 92.5 cm³/mol. The largest absolute Gasteiger partial charge is 0.416 e. The number of hydrogen-bond donors (Lipinski definition) is 0. The van der Waals surface area contributed by atoms with E-state index in [2.05, 4.69) is 4.98 Å². The fourth-order valence-electron chi connectivity index (χ4n) is 2.32. The van der Waals surface area contributed by atoms with Crippen molar-refractivity contribution in [3.8, 4) is 17.3 Å². The maximum absolute atomic E-state index is 13.1. The van der Waals surface area contributed by atoms with Crippen molar-refractivity contribution in [2.75, 3.05) is 0 Å². The molecule has 25 heavy (non-hydrogen) atoms. The molecule has 2 nitrogen and oxygen atoms in total. The Labute approximate surface area is 146 Å². The van der Waals surface area contributed by atoms with Crippen LogP contribution in [0.3, 0.4) is 0 Å². The van der Waals surface area contributed by atoms with Gasteiger partial charge in [0.15, 0.2) is 0 Å². The number of thiazole rings is 1. The summed E-state index contributed by atoms with van der Waals surface area (Å²) in [6, 6.07) is 16.5. The highest BCUT2D eigenvalue weighted by Crippen LogP contribution is 2.34. The lowest BCUT2D eigenvalue weighted by Gasteiger charge is -2.09. The summed E-state index contributed by atoms with van der Waals surface area (Å²) in [6.07, 6.45) is -3.25. The second-order valence-corrected chi connectivity index (χ2v) is 6.02. The van der Waals surface area contributed by atoms with Crippen molar-refractivity contribution < 1.29 is 13.2 Å². The number of rotatable bonds is 3. The summed E-state index contributed by atoms with van der Waals surface area (Å²) in [4.78, 5) is 4.39. The number of aromatic nitrogens is 1. The van der Waals surface area contributed by atoms with Gasteiger partial charge in [0.05, 0.1) is 16.8 Å². The monoisotopic (exact) mass is 356 g/mol. The van der Waals surface area contributed by atoms with E-state index in [1.54, 1.807) is 5.38 Å². The van der Waals surface area contributed by atoms with Crippen LogP contribution in [0.15, 0.2) is 60.0 Å². The Balaban J connectivity index is 2.01. The summed E-state index contributed by atoms with van der Waals surface area (Å²) in [6.45, 7) is 0. The number of nitrogens with zero attached hydrogens (tertiary/aromatic N) is 2. The first-order valence-electron chi connectivity index (χ1n) is 7.28. The fraction of sp³-hybridized carbons (Fsp3) is 0.0526. The average Bonchev–Trinajstić information content (AvgIpc) is 3.10. The molecule has 0 spiro atoms. The third kappa shape index (κ3) is 3.78. The first-order chi connectivity index (χ1) is 12.0. The molecule has 0 aliphatic rings. The van der Waals surface area contributed by atoms with Gasteiger partial charge in [0.25, 0.3) is 0 Å². The second kappa shape index (κ2) is 6.91. The standard InChI is InChI=1S/C19H11F3N2S/c20-19(21,22)16-9-5-4-8-14(16)10-15(11-23)18-24-17(12-25-18)13-6-2-1-3-7-13/h1-10,12H/b15-10-. The highest BCUT2D eigenvalue weighted by molar-refractivity contribution is 7.11. The van der Waals surface area contributed by atoms with E-state index < -0.39 is 11.7 Å². The molecule has 0 radical (unpaired) electrons. The predicted octanol–water partition coefficient (Wildman–Crippen LogP) is 5.89. The molecule has 2 aromatic carbocycles. The average molecular weight is 356 g/mol. The van der Waals surface area contributed by atoms with E-state index >= 15 is 0 Å². The van der Waals surface area contributed by atoms with Gasteiger partial charge in [-0.15, -0.1) is 11.3 Å². The maximum Gasteiger partial charge on any atom is 0.416 e.